The molecule has 23 heavy (non-hydrogen) atoms. The van der Waals surface area contributed by atoms with Crippen molar-refractivity contribution < 1.29 is 13.6 Å². The maximum Gasteiger partial charge on any atom is 0.263 e. The maximum absolute atomic E-state index is 13.4. The third-order valence-corrected chi connectivity index (χ3v) is 2.84. The average molecular weight is 314 g/mol. The van der Waals surface area contributed by atoms with E-state index < -0.39 is 17.5 Å². The SMILES string of the molecule is N#C/C(=C/Nc1cc(F)ccc1F)C(=O)NCc1cccnc1. The summed E-state index contributed by atoms with van der Waals surface area (Å²) in [6.45, 7) is 0.194. The Kier molecular flexibility index (Phi) is 5.36. The number of benzene rings is 1. The van der Waals surface area contributed by atoms with Gasteiger partial charge in [-0.15, -0.1) is 0 Å². The van der Waals surface area contributed by atoms with Crippen LogP contribution in [0.25, 0.3) is 0 Å². The summed E-state index contributed by atoms with van der Waals surface area (Å²) in [6.07, 6.45) is 4.20. The Morgan fingerprint density at radius 2 is 2.17 bits per heavy atom. The molecule has 0 bridgehead atoms. The topological polar surface area (TPSA) is 77.8 Å². The number of hydrogen-bond acceptors (Lipinski definition) is 4. The van der Waals surface area contributed by atoms with Crippen LogP contribution in [0.1, 0.15) is 5.56 Å². The molecule has 0 aliphatic carbocycles. The Morgan fingerprint density at radius 3 is 2.87 bits per heavy atom. The minimum absolute atomic E-state index is 0.169. The third kappa shape index (κ3) is 4.61. The van der Waals surface area contributed by atoms with Gasteiger partial charge in [0.15, 0.2) is 0 Å². The number of amides is 1. The molecule has 2 N–H and O–H groups in total. The first-order valence-electron chi connectivity index (χ1n) is 6.59. The summed E-state index contributed by atoms with van der Waals surface area (Å²) in [6, 6.07) is 8.02. The van der Waals surface area contributed by atoms with E-state index in [4.69, 9.17) is 5.26 Å². The van der Waals surface area contributed by atoms with Gasteiger partial charge < -0.3 is 10.6 Å². The number of nitrogens with zero attached hydrogens (tertiary/aromatic N) is 2. The molecular formula is C16H12F2N4O. The van der Waals surface area contributed by atoms with Crippen LogP contribution in [0, 0.1) is 23.0 Å². The van der Waals surface area contributed by atoms with Gasteiger partial charge in [0.25, 0.3) is 5.91 Å². The minimum Gasteiger partial charge on any atom is -0.358 e. The zero-order valence-corrected chi connectivity index (χ0v) is 11.9. The highest BCUT2D eigenvalue weighted by atomic mass is 19.1. The van der Waals surface area contributed by atoms with Crippen LogP contribution in [-0.2, 0) is 11.3 Å². The summed E-state index contributed by atoms with van der Waals surface area (Å²) in [5, 5.41) is 13.9. The van der Waals surface area contributed by atoms with E-state index in [0.29, 0.717) is 0 Å². The average Bonchev–Trinajstić information content (AvgIpc) is 2.57. The van der Waals surface area contributed by atoms with Crippen molar-refractivity contribution in [2.24, 2.45) is 0 Å². The molecule has 7 heteroatoms. The Balaban J connectivity index is 2.02. The second-order valence-electron chi connectivity index (χ2n) is 4.48. The fraction of sp³-hybridized carbons (Fsp3) is 0.0625. The van der Waals surface area contributed by atoms with Crippen molar-refractivity contribution in [3.05, 3.63) is 71.7 Å². The van der Waals surface area contributed by atoms with Crippen LogP contribution in [0.5, 0.6) is 0 Å². The monoisotopic (exact) mass is 314 g/mol. The summed E-state index contributed by atoms with van der Waals surface area (Å²) in [4.78, 5) is 15.8. The van der Waals surface area contributed by atoms with Crippen molar-refractivity contribution in [3.63, 3.8) is 0 Å². The quantitative estimate of drug-likeness (QED) is 0.656. The molecule has 1 heterocycles. The number of rotatable bonds is 5. The number of pyridine rings is 1. The Morgan fingerprint density at radius 1 is 1.35 bits per heavy atom. The van der Waals surface area contributed by atoms with Crippen molar-refractivity contribution in [1.82, 2.24) is 10.3 Å². The van der Waals surface area contributed by atoms with Gasteiger partial charge in [-0.05, 0) is 23.8 Å². The molecule has 1 aromatic heterocycles. The Labute approximate surface area is 131 Å². The molecule has 1 aromatic carbocycles. The van der Waals surface area contributed by atoms with Gasteiger partial charge in [-0.3, -0.25) is 9.78 Å². The molecule has 0 radical (unpaired) electrons. The summed E-state index contributed by atoms with van der Waals surface area (Å²) in [5.41, 5.74) is 0.331. The van der Waals surface area contributed by atoms with Crippen molar-refractivity contribution in [1.29, 1.82) is 5.26 Å². The Bertz CT molecular complexity index is 769. The molecule has 0 unspecified atom stereocenters. The van der Waals surface area contributed by atoms with Gasteiger partial charge in [-0.25, -0.2) is 8.78 Å². The maximum atomic E-state index is 13.4. The lowest BCUT2D eigenvalue weighted by atomic mass is 10.2. The molecule has 2 aromatic rings. The number of nitrogens with one attached hydrogen (secondary N) is 2. The number of halogens is 2. The van der Waals surface area contributed by atoms with Crippen LogP contribution >= 0.6 is 0 Å². The first-order valence-corrected chi connectivity index (χ1v) is 6.59. The smallest absolute Gasteiger partial charge is 0.263 e. The van der Waals surface area contributed by atoms with Crippen LogP contribution < -0.4 is 10.6 Å². The number of anilines is 1. The summed E-state index contributed by atoms with van der Waals surface area (Å²) in [5.74, 6) is -1.97. The molecule has 0 fully saturated rings. The number of carbonyl (C=O) groups excluding carboxylic acids is 1. The molecule has 116 valence electrons. The predicted octanol–water partition coefficient (Wildman–Crippen LogP) is 2.50. The van der Waals surface area contributed by atoms with Gasteiger partial charge >= 0.3 is 0 Å². The van der Waals surface area contributed by atoms with Gasteiger partial charge in [0.05, 0.1) is 5.69 Å². The highest BCUT2D eigenvalue weighted by Crippen LogP contribution is 2.15. The molecule has 5 nitrogen and oxygen atoms in total. The summed E-state index contributed by atoms with van der Waals surface area (Å²) >= 11 is 0. The third-order valence-electron chi connectivity index (χ3n) is 2.84. The zero-order valence-electron chi connectivity index (χ0n) is 11.9. The van der Waals surface area contributed by atoms with Crippen LogP contribution in [0.2, 0.25) is 0 Å². The van der Waals surface area contributed by atoms with Gasteiger partial charge in [0.2, 0.25) is 0 Å². The highest BCUT2D eigenvalue weighted by Gasteiger charge is 2.09. The van der Waals surface area contributed by atoms with Crippen molar-refractivity contribution in [2.75, 3.05) is 5.32 Å². The molecule has 2 rings (SSSR count). The lowest BCUT2D eigenvalue weighted by Crippen LogP contribution is -2.24. The lowest BCUT2D eigenvalue weighted by molar-refractivity contribution is -0.117. The van der Waals surface area contributed by atoms with E-state index in [9.17, 15) is 13.6 Å². The second kappa shape index (κ2) is 7.66. The van der Waals surface area contributed by atoms with Crippen molar-refractivity contribution in [3.8, 4) is 6.07 Å². The van der Waals surface area contributed by atoms with E-state index in [-0.39, 0.29) is 17.8 Å². The number of carbonyl (C=O) groups is 1. The van der Waals surface area contributed by atoms with Crippen molar-refractivity contribution >= 4 is 11.6 Å². The number of nitriles is 1. The molecule has 0 atom stereocenters. The van der Waals surface area contributed by atoms with Crippen molar-refractivity contribution in [2.45, 2.75) is 6.54 Å². The van der Waals surface area contributed by atoms with E-state index in [1.54, 1.807) is 30.6 Å². The number of hydrogen-bond donors (Lipinski definition) is 2. The summed E-state index contributed by atoms with van der Waals surface area (Å²) in [7, 11) is 0. The fourth-order valence-electron chi connectivity index (χ4n) is 1.69. The molecule has 0 saturated carbocycles. The van der Waals surface area contributed by atoms with Gasteiger partial charge in [-0.2, -0.15) is 5.26 Å². The van der Waals surface area contributed by atoms with Crippen LogP contribution in [0.4, 0.5) is 14.5 Å². The molecule has 0 spiro atoms. The lowest BCUT2D eigenvalue weighted by Gasteiger charge is -2.06. The fourth-order valence-corrected chi connectivity index (χ4v) is 1.69. The standard InChI is InChI=1S/C16H12F2N4O/c17-13-3-4-14(18)15(6-13)21-10-12(7-19)16(23)22-9-11-2-1-5-20-8-11/h1-6,8,10,21H,9H2,(H,22,23)/b12-10-. The molecule has 0 aliphatic rings. The van der Waals surface area contributed by atoms with Gasteiger partial charge in [-0.1, -0.05) is 6.07 Å². The normalized spacial score (nSPS) is 10.7. The number of aromatic nitrogens is 1. The first-order chi connectivity index (χ1) is 11.1. The van der Waals surface area contributed by atoms with Crippen LogP contribution in [-0.4, -0.2) is 10.9 Å². The second-order valence-corrected chi connectivity index (χ2v) is 4.48. The zero-order chi connectivity index (χ0) is 16.7. The van der Waals surface area contributed by atoms with Gasteiger partial charge in [0.1, 0.15) is 23.3 Å². The van der Waals surface area contributed by atoms with E-state index >= 15 is 0 Å². The van der Waals surface area contributed by atoms with Crippen LogP contribution in [0.3, 0.4) is 0 Å². The highest BCUT2D eigenvalue weighted by molar-refractivity contribution is 5.97. The first kappa shape index (κ1) is 16.1. The molecule has 0 aliphatic heterocycles. The van der Waals surface area contributed by atoms with E-state index in [0.717, 1.165) is 30.0 Å². The summed E-state index contributed by atoms with van der Waals surface area (Å²) < 4.78 is 26.5. The predicted molar refractivity (Wildman–Crippen MR) is 79.8 cm³/mol. The molecule has 1 amide bonds. The molecular weight excluding hydrogens is 302 g/mol. The van der Waals surface area contributed by atoms with E-state index in [1.807, 2.05) is 0 Å². The largest absolute Gasteiger partial charge is 0.358 e. The Hall–Kier alpha value is -3.27. The van der Waals surface area contributed by atoms with E-state index in [2.05, 4.69) is 15.6 Å². The molecule has 0 saturated heterocycles. The van der Waals surface area contributed by atoms with Crippen LogP contribution in [0.15, 0.2) is 54.5 Å². The minimum atomic E-state index is -0.698. The van der Waals surface area contributed by atoms with Gasteiger partial charge in [0, 0.05) is 31.2 Å². The van der Waals surface area contributed by atoms with E-state index in [1.165, 1.54) is 0 Å².